The molecule has 1 aromatic heterocycles. The second-order valence-corrected chi connectivity index (χ2v) is 12.0. The van der Waals surface area contributed by atoms with Crippen LogP contribution in [0.2, 0.25) is 10.0 Å². The summed E-state index contributed by atoms with van der Waals surface area (Å²) in [6.45, 7) is 10.7. The van der Waals surface area contributed by atoms with Crippen LogP contribution in [0.15, 0.2) is 36.0 Å². The lowest BCUT2D eigenvalue weighted by atomic mass is 9.82. The van der Waals surface area contributed by atoms with Gasteiger partial charge in [-0.15, -0.1) is 0 Å². The molecule has 0 spiro atoms. The van der Waals surface area contributed by atoms with Crippen LogP contribution in [-0.2, 0) is 14.3 Å². The molecule has 0 aliphatic carbocycles. The van der Waals surface area contributed by atoms with Gasteiger partial charge >= 0.3 is 12.1 Å². The van der Waals surface area contributed by atoms with Crippen LogP contribution in [0.5, 0.6) is 11.6 Å². The van der Waals surface area contributed by atoms with E-state index in [-0.39, 0.29) is 38.0 Å². The molecule has 4 rings (SSSR count). The number of rotatable bonds is 8. The quantitative estimate of drug-likeness (QED) is 0.276. The van der Waals surface area contributed by atoms with E-state index in [1.807, 2.05) is 40.8 Å². The molecule has 0 radical (unpaired) electrons. The van der Waals surface area contributed by atoms with Crippen LogP contribution in [0.4, 0.5) is 4.79 Å². The first-order chi connectivity index (χ1) is 19.4. The van der Waals surface area contributed by atoms with Gasteiger partial charge < -0.3 is 23.8 Å². The van der Waals surface area contributed by atoms with Crippen molar-refractivity contribution in [1.29, 1.82) is 0 Å². The summed E-state index contributed by atoms with van der Waals surface area (Å²) in [7, 11) is 1.98. The Morgan fingerprint density at radius 1 is 1.07 bits per heavy atom. The highest BCUT2D eigenvalue weighted by atomic mass is 35.5. The Labute approximate surface area is 251 Å². The fourth-order valence-corrected chi connectivity index (χ4v) is 5.78. The van der Waals surface area contributed by atoms with Crippen LogP contribution < -0.4 is 9.47 Å². The number of nitrogens with zero attached hydrogens (tertiary/aromatic N) is 3. The van der Waals surface area contributed by atoms with Crippen LogP contribution in [0.25, 0.3) is 5.57 Å². The predicted molar refractivity (Wildman–Crippen MR) is 158 cm³/mol. The van der Waals surface area contributed by atoms with Crippen molar-refractivity contribution in [1.82, 2.24) is 14.8 Å². The number of likely N-dealkylation sites (N-methyl/N-ethyl adjacent to an activating group) is 1. The molecule has 1 fully saturated rings. The summed E-state index contributed by atoms with van der Waals surface area (Å²) in [6, 6.07) is 6.89. The second kappa shape index (κ2) is 12.9. The molecule has 0 saturated carbocycles. The van der Waals surface area contributed by atoms with Gasteiger partial charge in [0.15, 0.2) is 5.75 Å². The first-order valence-electron chi connectivity index (χ1n) is 13.7. The van der Waals surface area contributed by atoms with Gasteiger partial charge in [-0.1, -0.05) is 23.2 Å². The summed E-state index contributed by atoms with van der Waals surface area (Å²) in [6.07, 6.45) is 1.87. The van der Waals surface area contributed by atoms with E-state index in [0.29, 0.717) is 46.8 Å². The number of piperazine rings is 1. The Morgan fingerprint density at radius 3 is 2.37 bits per heavy atom. The maximum absolute atomic E-state index is 13.2. The number of ether oxygens (including phenoxy) is 4. The fourth-order valence-electron chi connectivity index (χ4n) is 5.08. The van der Waals surface area contributed by atoms with Gasteiger partial charge in [0, 0.05) is 31.4 Å². The Bertz CT molecular complexity index is 1290. The number of aryl methyl sites for hydroxylation is 1. The van der Waals surface area contributed by atoms with Crippen molar-refractivity contribution in [2.24, 2.45) is 0 Å². The van der Waals surface area contributed by atoms with Gasteiger partial charge in [0.05, 0.1) is 28.3 Å². The summed E-state index contributed by atoms with van der Waals surface area (Å²) >= 11 is 12.5. The molecule has 2 bridgehead atoms. The molecule has 2 atom stereocenters. The zero-order chi connectivity index (χ0) is 29.9. The molecule has 41 heavy (non-hydrogen) atoms. The topological polar surface area (TPSA) is 90.4 Å². The molecule has 2 aromatic rings. The summed E-state index contributed by atoms with van der Waals surface area (Å²) < 4.78 is 22.6. The van der Waals surface area contributed by atoms with Crippen LogP contribution in [0.1, 0.15) is 45.2 Å². The van der Waals surface area contributed by atoms with E-state index >= 15 is 0 Å². The third kappa shape index (κ3) is 7.45. The maximum atomic E-state index is 13.2. The smallest absolute Gasteiger partial charge is 0.410 e. The van der Waals surface area contributed by atoms with Crippen LogP contribution in [-0.4, -0.2) is 84.5 Å². The second-order valence-electron chi connectivity index (χ2n) is 11.2. The normalized spacial score (nSPS) is 19.2. The minimum Gasteiger partial charge on any atom is -0.487 e. The largest absolute Gasteiger partial charge is 0.487 e. The Morgan fingerprint density at radius 2 is 1.76 bits per heavy atom. The standard InChI is InChI=1S/C30H37Cl2N3O6/c1-7-38-28(36)26-21(14-20-16-35(17-24(26)34(20)6)29(37)41-30(3,4)5)19-8-9-25(33-15-19)39-10-11-40-27-22(31)12-18(2)13-23(27)32/h8-9,12-13,15,20,24H,7,10-11,14,16-17H2,1-6H3. The Hall–Kier alpha value is -3.01. The molecular weight excluding hydrogens is 569 g/mol. The van der Waals surface area contributed by atoms with Gasteiger partial charge in [0.25, 0.3) is 0 Å². The number of halogens is 2. The molecule has 2 aliphatic rings. The number of hydrogen-bond acceptors (Lipinski definition) is 8. The van der Waals surface area contributed by atoms with Gasteiger partial charge in [0.2, 0.25) is 5.88 Å². The van der Waals surface area contributed by atoms with Crippen molar-refractivity contribution in [3.05, 3.63) is 57.2 Å². The first-order valence-corrected chi connectivity index (χ1v) is 14.4. The molecule has 0 N–H and O–H groups in total. The highest BCUT2D eigenvalue weighted by Gasteiger charge is 2.45. The summed E-state index contributed by atoms with van der Waals surface area (Å²) in [5.74, 6) is 0.443. The van der Waals surface area contributed by atoms with E-state index in [4.69, 9.17) is 42.1 Å². The predicted octanol–water partition coefficient (Wildman–Crippen LogP) is 5.79. The third-order valence-corrected chi connectivity index (χ3v) is 7.51. The average Bonchev–Trinajstić information content (AvgIpc) is 2.87. The number of carbonyl (C=O) groups excluding carboxylic acids is 2. The first kappa shape index (κ1) is 30.9. The molecule has 1 aromatic carbocycles. The SMILES string of the molecule is CCOC(=O)C1=C(c2ccc(OCCOc3c(Cl)cc(C)cc3Cl)nc2)CC2CN(C(=O)OC(C)(C)C)CC1N2C. The number of hydrogen-bond donors (Lipinski definition) is 0. The van der Waals surface area contributed by atoms with Crippen LogP contribution in [0.3, 0.4) is 0 Å². The highest BCUT2D eigenvalue weighted by Crippen LogP contribution is 2.38. The average molecular weight is 607 g/mol. The van der Waals surface area contributed by atoms with Crippen molar-refractivity contribution < 1.29 is 28.5 Å². The summed E-state index contributed by atoms with van der Waals surface area (Å²) in [5, 5.41) is 0.889. The van der Waals surface area contributed by atoms with Gasteiger partial charge in [-0.2, -0.15) is 0 Å². The minimum absolute atomic E-state index is 0.00272. The Kier molecular flexibility index (Phi) is 9.72. The minimum atomic E-state index is -0.608. The summed E-state index contributed by atoms with van der Waals surface area (Å²) in [4.78, 5) is 34.4. The molecule has 3 heterocycles. The third-order valence-electron chi connectivity index (χ3n) is 6.94. The van der Waals surface area contributed by atoms with E-state index in [2.05, 4.69) is 9.88 Å². The zero-order valence-electron chi connectivity index (χ0n) is 24.3. The number of pyridine rings is 1. The number of fused-ring (bicyclic) bond motifs is 2. The lowest BCUT2D eigenvalue weighted by Gasteiger charge is -2.49. The number of amides is 1. The number of esters is 1. The molecule has 11 heteroatoms. The van der Waals surface area contributed by atoms with Crippen molar-refractivity contribution >= 4 is 40.8 Å². The number of aromatic nitrogens is 1. The van der Waals surface area contributed by atoms with E-state index in [1.165, 1.54) is 0 Å². The fraction of sp³-hybridized carbons (Fsp3) is 0.500. The van der Waals surface area contributed by atoms with E-state index in [0.717, 1.165) is 16.7 Å². The highest BCUT2D eigenvalue weighted by molar-refractivity contribution is 6.37. The van der Waals surface area contributed by atoms with Crippen LogP contribution in [0, 0.1) is 6.92 Å². The lowest BCUT2D eigenvalue weighted by molar-refractivity contribution is -0.140. The van der Waals surface area contributed by atoms with Gasteiger partial charge in [0.1, 0.15) is 18.8 Å². The number of benzene rings is 1. The van der Waals surface area contributed by atoms with E-state index in [1.54, 1.807) is 36.2 Å². The van der Waals surface area contributed by atoms with Gasteiger partial charge in [-0.3, -0.25) is 4.90 Å². The molecule has 2 unspecified atom stereocenters. The summed E-state index contributed by atoms with van der Waals surface area (Å²) in [5.41, 5.74) is 2.55. The maximum Gasteiger partial charge on any atom is 0.410 e. The van der Waals surface area contributed by atoms with E-state index in [9.17, 15) is 9.59 Å². The molecule has 222 valence electrons. The molecule has 9 nitrogen and oxygen atoms in total. The Balaban J connectivity index is 1.49. The monoisotopic (exact) mass is 605 g/mol. The molecular formula is C30H37Cl2N3O6. The lowest BCUT2D eigenvalue weighted by Crippen LogP contribution is -2.62. The molecule has 2 aliphatic heterocycles. The van der Waals surface area contributed by atoms with E-state index < -0.39 is 11.6 Å². The van der Waals surface area contributed by atoms with Crippen molar-refractivity contribution in [2.45, 2.75) is 58.7 Å². The zero-order valence-corrected chi connectivity index (χ0v) is 25.8. The van der Waals surface area contributed by atoms with Crippen molar-refractivity contribution in [2.75, 3.05) is 40.0 Å². The number of carbonyl (C=O) groups is 2. The molecule has 1 amide bonds. The van der Waals surface area contributed by atoms with Crippen LogP contribution >= 0.6 is 23.2 Å². The van der Waals surface area contributed by atoms with Gasteiger partial charge in [-0.25, -0.2) is 14.6 Å². The molecule has 1 saturated heterocycles. The van der Waals surface area contributed by atoms with Crippen molar-refractivity contribution in [3.8, 4) is 11.6 Å². The van der Waals surface area contributed by atoms with Gasteiger partial charge in [-0.05, 0) is 83.0 Å². The van der Waals surface area contributed by atoms with Crippen molar-refractivity contribution in [3.63, 3.8) is 0 Å².